The van der Waals surface area contributed by atoms with E-state index in [2.05, 4.69) is 0 Å². The lowest BCUT2D eigenvalue weighted by Crippen LogP contribution is -2.15. The molecule has 0 saturated heterocycles. The van der Waals surface area contributed by atoms with Gasteiger partial charge in [0.05, 0.1) is 0 Å². The fraction of sp³-hybridized carbons (Fsp3) is 0.214. The van der Waals surface area contributed by atoms with Gasteiger partial charge < -0.3 is 14.2 Å². The molecule has 0 aromatic heterocycles. The fourth-order valence-corrected chi connectivity index (χ4v) is 1.68. The van der Waals surface area contributed by atoms with Crippen molar-refractivity contribution in [3.8, 4) is 11.5 Å². The van der Waals surface area contributed by atoms with E-state index in [0.29, 0.717) is 5.75 Å². The Kier molecular flexibility index (Phi) is 5.39. The van der Waals surface area contributed by atoms with Crippen LogP contribution in [0.1, 0.15) is 5.56 Å². The van der Waals surface area contributed by atoms with Gasteiger partial charge in [-0.3, -0.25) is 0 Å². The summed E-state index contributed by atoms with van der Waals surface area (Å²) in [4.78, 5) is 11.3. The Hall–Kier alpha value is -1.36. The first-order valence-corrected chi connectivity index (χ1v) is 7.05. The predicted octanol–water partition coefficient (Wildman–Crippen LogP) is 3.90. The number of esters is 1. The van der Waals surface area contributed by atoms with Crippen molar-refractivity contribution in [1.82, 2.24) is 0 Å². The van der Waals surface area contributed by atoms with Crippen molar-refractivity contribution < 1.29 is 19.0 Å². The standard InChI is InChI=1S/C14H11Cl3O4/c15-14(16,17)8-19-13(18)4-2-1-3-10-5-6-11-12(7-10)21-9-20-11/h1-7H,8-9H2/b3-1+,4-2+. The van der Waals surface area contributed by atoms with Crippen molar-refractivity contribution in [2.75, 3.05) is 13.4 Å². The van der Waals surface area contributed by atoms with E-state index in [1.165, 1.54) is 12.2 Å². The molecule has 1 heterocycles. The maximum absolute atomic E-state index is 11.3. The van der Waals surface area contributed by atoms with Crippen molar-refractivity contribution in [3.63, 3.8) is 0 Å². The van der Waals surface area contributed by atoms with Crippen LogP contribution in [-0.4, -0.2) is 23.2 Å². The van der Waals surface area contributed by atoms with Gasteiger partial charge in [0.15, 0.2) is 11.5 Å². The van der Waals surface area contributed by atoms with Crippen LogP contribution in [-0.2, 0) is 9.53 Å². The summed E-state index contributed by atoms with van der Waals surface area (Å²) in [7, 11) is 0. The molecule has 1 aromatic carbocycles. The van der Waals surface area contributed by atoms with Crippen LogP contribution in [0, 0.1) is 0 Å². The maximum Gasteiger partial charge on any atom is 0.330 e. The summed E-state index contributed by atoms with van der Waals surface area (Å²) in [5.74, 6) is 0.831. The van der Waals surface area contributed by atoms with Gasteiger partial charge in [-0.05, 0) is 17.7 Å². The Morgan fingerprint density at radius 3 is 2.76 bits per heavy atom. The molecule has 21 heavy (non-hydrogen) atoms. The second-order valence-corrected chi connectivity index (χ2v) is 6.57. The van der Waals surface area contributed by atoms with Gasteiger partial charge in [0.2, 0.25) is 10.6 Å². The summed E-state index contributed by atoms with van der Waals surface area (Å²) in [5.41, 5.74) is 0.915. The largest absolute Gasteiger partial charge is 0.458 e. The smallest absolute Gasteiger partial charge is 0.330 e. The van der Waals surface area contributed by atoms with Crippen LogP contribution in [0.5, 0.6) is 11.5 Å². The predicted molar refractivity (Wildman–Crippen MR) is 82.0 cm³/mol. The zero-order valence-electron chi connectivity index (χ0n) is 10.7. The van der Waals surface area contributed by atoms with Crippen LogP contribution in [0.25, 0.3) is 6.08 Å². The van der Waals surface area contributed by atoms with Crippen LogP contribution in [0.2, 0.25) is 0 Å². The van der Waals surface area contributed by atoms with Gasteiger partial charge in [-0.2, -0.15) is 0 Å². The third-order valence-electron chi connectivity index (χ3n) is 2.41. The number of ether oxygens (including phenoxy) is 3. The number of allylic oxidation sites excluding steroid dienone is 2. The summed E-state index contributed by atoms with van der Waals surface area (Å²) >= 11 is 16.4. The van der Waals surface area contributed by atoms with Crippen LogP contribution in [0.3, 0.4) is 0 Å². The first-order chi connectivity index (χ1) is 9.94. The number of carbonyl (C=O) groups excluding carboxylic acids is 1. The van der Waals surface area contributed by atoms with Crippen molar-refractivity contribution in [2.24, 2.45) is 0 Å². The van der Waals surface area contributed by atoms with E-state index in [1.54, 1.807) is 12.2 Å². The molecule has 0 fully saturated rings. The van der Waals surface area contributed by atoms with Gasteiger partial charge in [0.1, 0.15) is 6.61 Å². The number of carbonyl (C=O) groups is 1. The van der Waals surface area contributed by atoms with E-state index in [9.17, 15) is 4.79 Å². The van der Waals surface area contributed by atoms with Crippen molar-refractivity contribution in [3.05, 3.63) is 42.0 Å². The molecule has 7 heteroatoms. The molecule has 0 spiro atoms. The summed E-state index contributed by atoms with van der Waals surface area (Å²) < 4.78 is 13.6. The minimum Gasteiger partial charge on any atom is -0.458 e. The van der Waals surface area contributed by atoms with Crippen molar-refractivity contribution >= 4 is 46.8 Å². The minimum atomic E-state index is -1.61. The number of hydrogen-bond donors (Lipinski definition) is 0. The molecule has 0 amide bonds. The number of benzene rings is 1. The average molecular weight is 350 g/mol. The summed E-state index contributed by atoms with van der Waals surface area (Å²) in [6.45, 7) is -0.0653. The monoisotopic (exact) mass is 348 g/mol. The molecular formula is C14H11Cl3O4. The van der Waals surface area contributed by atoms with Crippen molar-refractivity contribution in [1.29, 1.82) is 0 Å². The summed E-state index contributed by atoms with van der Waals surface area (Å²) in [6, 6.07) is 5.54. The molecule has 0 unspecified atom stereocenters. The Morgan fingerprint density at radius 2 is 2.00 bits per heavy atom. The molecule has 2 rings (SSSR count). The lowest BCUT2D eigenvalue weighted by atomic mass is 10.2. The summed E-state index contributed by atoms with van der Waals surface area (Å²) in [5, 5.41) is 0. The van der Waals surface area contributed by atoms with E-state index in [1.807, 2.05) is 18.2 Å². The Morgan fingerprint density at radius 1 is 1.24 bits per heavy atom. The zero-order valence-corrected chi connectivity index (χ0v) is 13.0. The molecule has 0 atom stereocenters. The third-order valence-corrected chi connectivity index (χ3v) is 2.73. The SMILES string of the molecule is O=C(/C=C/C=C/c1ccc2c(c1)OCO2)OCC(Cl)(Cl)Cl. The summed E-state index contributed by atoms with van der Waals surface area (Å²) in [6.07, 6.45) is 6.26. The van der Waals surface area contributed by atoms with E-state index >= 15 is 0 Å². The van der Waals surface area contributed by atoms with E-state index in [0.717, 1.165) is 11.3 Å². The Bertz CT molecular complexity index is 576. The topological polar surface area (TPSA) is 44.8 Å². The highest BCUT2D eigenvalue weighted by Crippen LogP contribution is 2.32. The van der Waals surface area contributed by atoms with E-state index in [-0.39, 0.29) is 13.4 Å². The highest BCUT2D eigenvalue weighted by molar-refractivity contribution is 6.67. The molecule has 4 nitrogen and oxygen atoms in total. The quantitative estimate of drug-likeness (QED) is 0.358. The first kappa shape index (κ1) is 16.0. The van der Waals surface area contributed by atoms with Crippen LogP contribution in [0.15, 0.2) is 36.4 Å². The van der Waals surface area contributed by atoms with Gasteiger partial charge in [-0.25, -0.2) is 4.79 Å². The highest BCUT2D eigenvalue weighted by atomic mass is 35.6. The molecule has 0 N–H and O–H groups in total. The van der Waals surface area contributed by atoms with E-state index in [4.69, 9.17) is 49.0 Å². The number of hydrogen-bond acceptors (Lipinski definition) is 4. The van der Waals surface area contributed by atoms with E-state index < -0.39 is 9.76 Å². The molecular weight excluding hydrogens is 339 g/mol. The molecule has 1 aliphatic rings. The van der Waals surface area contributed by atoms with Gasteiger partial charge in [-0.1, -0.05) is 59.1 Å². The van der Waals surface area contributed by atoms with Crippen LogP contribution in [0.4, 0.5) is 0 Å². The second kappa shape index (κ2) is 7.07. The molecule has 0 aliphatic carbocycles. The molecule has 1 aromatic rings. The maximum atomic E-state index is 11.3. The lowest BCUT2D eigenvalue weighted by Gasteiger charge is -2.09. The third kappa shape index (κ3) is 5.50. The number of rotatable bonds is 4. The molecule has 1 aliphatic heterocycles. The number of halogens is 3. The minimum absolute atomic E-state index is 0.234. The Balaban J connectivity index is 1.84. The van der Waals surface area contributed by atoms with Gasteiger partial charge in [0.25, 0.3) is 0 Å². The van der Waals surface area contributed by atoms with Crippen LogP contribution >= 0.6 is 34.8 Å². The molecule has 0 radical (unpaired) electrons. The number of fused-ring (bicyclic) bond motifs is 1. The molecule has 0 saturated carbocycles. The highest BCUT2D eigenvalue weighted by Gasteiger charge is 2.21. The van der Waals surface area contributed by atoms with Gasteiger partial charge >= 0.3 is 5.97 Å². The zero-order chi connectivity index (χ0) is 15.3. The Labute approximate surface area is 136 Å². The lowest BCUT2D eigenvalue weighted by molar-refractivity contribution is -0.137. The average Bonchev–Trinajstić information content (AvgIpc) is 2.88. The van der Waals surface area contributed by atoms with Crippen LogP contribution < -0.4 is 9.47 Å². The molecule has 112 valence electrons. The molecule has 0 bridgehead atoms. The van der Waals surface area contributed by atoms with Crippen molar-refractivity contribution in [2.45, 2.75) is 3.79 Å². The number of alkyl halides is 3. The second-order valence-electron chi connectivity index (χ2n) is 4.05. The van der Waals surface area contributed by atoms with Gasteiger partial charge in [-0.15, -0.1) is 0 Å². The normalized spacial score (nSPS) is 14.0. The fourth-order valence-electron chi connectivity index (χ4n) is 1.52. The first-order valence-electron chi connectivity index (χ1n) is 5.92. The van der Waals surface area contributed by atoms with Gasteiger partial charge in [0, 0.05) is 6.08 Å².